The number of imidazole rings is 1. The first kappa shape index (κ1) is 12.5. The summed E-state index contributed by atoms with van der Waals surface area (Å²) >= 11 is 0. The number of aromatic amines is 1. The van der Waals surface area contributed by atoms with Gasteiger partial charge in [-0.25, -0.2) is 13.4 Å². The van der Waals surface area contributed by atoms with Crippen LogP contribution in [0, 0.1) is 0 Å². The summed E-state index contributed by atoms with van der Waals surface area (Å²) in [4.78, 5) is 6.41. The molecule has 1 aromatic heterocycles. The molecular weight excluding hydrogens is 242 g/mol. The van der Waals surface area contributed by atoms with Crippen LogP contribution in [-0.2, 0) is 14.8 Å². The molecule has 1 aromatic rings. The van der Waals surface area contributed by atoms with Gasteiger partial charge in [0.15, 0.2) is 5.03 Å². The van der Waals surface area contributed by atoms with Crippen LogP contribution in [-0.4, -0.2) is 48.0 Å². The molecule has 0 aromatic carbocycles. The fraction of sp³-hybridized carbons (Fsp3) is 0.700. The topological polar surface area (TPSA) is 75.3 Å². The van der Waals surface area contributed by atoms with Crippen LogP contribution in [0.1, 0.15) is 20.3 Å². The molecule has 1 N–H and O–H groups in total. The largest absolute Gasteiger partial charge is 0.375 e. The number of hydrogen-bond acceptors (Lipinski definition) is 4. The molecule has 1 aliphatic heterocycles. The zero-order valence-electron chi connectivity index (χ0n) is 9.96. The Morgan fingerprint density at radius 3 is 3.00 bits per heavy atom. The molecule has 0 bridgehead atoms. The highest BCUT2D eigenvalue weighted by Crippen LogP contribution is 2.22. The predicted octanol–water partition coefficient (Wildman–Crippen LogP) is 0.598. The molecule has 1 fully saturated rings. The van der Waals surface area contributed by atoms with E-state index in [9.17, 15) is 8.42 Å². The second-order valence-electron chi connectivity index (χ2n) is 4.20. The Balaban J connectivity index is 2.30. The van der Waals surface area contributed by atoms with E-state index < -0.39 is 10.0 Å². The molecule has 0 amide bonds. The van der Waals surface area contributed by atoms with E-state index in [1.54, 1.807) is 0 Å². The number of hydrogen-bond donors (Lipinski definition) is 1. The first-order chi connectivity index (χ1) is 8.05. The molecule has 2 heterocycles. The van der Waals surface area contributed by atoms with E-state index in [1.807, 2.05) is 13.8 Å². The van der Waals surface area contributed by atoms with Gasteiger partial charge in [-0.1, -0.05) is 6.92 Å². The zero-order valence-corrected chi connectivity index (χ0v) is 10.8. The summed E-state index contributed by atoms with van der Waals surface area (Å²) in [6, 6.07) is -0.0977. The van der Waals surface area contributed by atoms with Gasteiger partial charge in [0, 0.05) is 12.6 Å². The second-order valence-corrected chi connectivity index (χ2v) is 6.06. The average molecular weight is 259 g/mol. The molecule has 2 atom stereocenters. The van der Waals surface area contributed by atoms with Crippen molar-refractivity contribution < 1.29 is 13.2 Å². The molecular formula is C10H17N3O3S. The van der Waals surface area contributed by atoms with Gasteiger partial charge < -0.3 is 9.72 Å². The number of sulfonamides is 1. The normalized spacial score (nSPS) is 27.2. The summed E-state index contributed by atoms with van der Waals surface area (Å²) < 4.78 is 31.7. The number of aromatic nitrogens is 2. The van der Waals surface area contributed by atoms with Crippen molar-refractivity contribution in [2.45, 2.75) is 37.4 Å². The Hall–Kier alpha value is -0.920. The van der Waals surface area contributed by atoms with Crippen molar-refractivity contribution in [3.63, 3.8) is 0 Å². The van der Waals surface area contributed by atoms with Gasteiger partial charge >= 0.3 is 0 Å². The van der Waals surface area contributed by atoms with Crippen molar-refractivity contribution in [2.75, 3.05) is 13.2 Å². The number of H-pyrrole nitrogens is 1. The summed E-state index contributed by atoms with van der Waals surface area (Å²) in [7, 11) is -3.48. The Labute approximate surface area is 101 Å². The van der Waals surface area contributed by atoms with Crippen molar-refractivity contribution >= 4 is 10.0 Å². The van der Waals surface area contributed by atoms with Gasteiger partial charge in [0.1, 0.15) is 0 Å². The molecule has 2 rings (SSSR count). The molecule has 0 aliphatic carbocycles. The second kappa shape index (κ2) is 4.75. The highest BCUT2D eigenvalue weighted by Gasteiger charge is 2.36. The molecule has 1 aliphatic rings. The quantitative estimate of drug-likeness (QED) is 0.862. The van der Waals surface area contributed by atoms with Crippen LogP contribution in [0.15, 0.2) is 17.6 Å². The minimum Gasteiger partial charge on any atom is -0.375 e. The smallest absolute Gasteiger partial charge is 0.260 e. The molecule has 0 spiro atoms. The van der Waals surface area contributed by atoms with Gasteiger partial charge in [0.2, 0.25) is 0 Å². The number of morpholine rings is 1. The van der Waals surface area contributed by atoms with Gasteiger partial charge in [-0.05, 0) is 13.3 Å². The lowest BCUT2D eigenvalue weighted by molar-refractivity contribution is -0.0231. The molecule has 0 radical (unpaired) electrons. The summed E-state index contributed by atoms with van der Waals surface area (Å²) in [5.41, 5.74) is 0. The molecule has 7 heteroatoms. The summed E-state index contributed by atoms with van der Waals surface area (Å²) in [5, 5.41) is 0.144. The third-order valence-corrected chi connectivity index (χ3v) is 4.79. The van der Waals surface area contributed by atoms with Crippen LogP contribution in [0.4, 0.5) is 0 Å². The summed E-state index contributed by atoms with van der Waals surface area (Å²) in [6.07, 6.45) is 3.37. The third-order valence-electron chi connectivity index (χ3n) is 2.95. The lowest BCUT2D eigenvalue weighted by Gasteiger charge is -2.36. The van der Waals surface area contributed by atoms with E-state index in [-0.39, 0.29) is 17.2 Å². The lowest BCUT2D eigenvalue weighted by atomic mass is 10.2. The van der Waals surface area contributed by atoms with E-state index in [2.05, 4.69) is 9.97 Å². The van der Waals surface area contributed by atoms with Crippen molar-refractivity contribution in [2.24, 2.45) is 0 Å². The first-order valence-corrected chi connectivity index (χ1v) is 7.11. The van der Waals surface area contributed by atoms with Crippen molar-refractivity contribution in [3.05, 3.63) is 12.5 Å². The Morgan fingerprint density at radius 2 is 2.41 bits per heavy atom. The fourth-order valence-electron chi connectivity index (χ4n) is 1.94. The van der Waals surface area contributed by atoms with Crippen LogP contribution in [0.2, 0.25) is 0 Å². The number of ether oxygens (including phenoxy) is 1. The molecule has 6 nitrogen and oxygen atoms in total. The van der Waals surface area contributed by atoms with E-state index >= 15 is 0 Å². The maximum atomic E-state index is 12.4. The highest BCUT2D eigenvalue weighted by atomic mass is 32.2. The molecule has 0 saturated carbocycles. The van der Waals surface area contributed by atoms with Gasteiger partial charge in [-0.2, -0.15) is 4.31 Å². The fourth-order valence-corrected chi connectivity index (χ4v) is 3.60. The van der Waals surface area contributed by atoms with E-state index in [1.165, 1.54) is 16.8 Å². The molecule has 1 saturated heterocycles. The van der Waals surface area contributed by atoms with Gasteiger partial charge in [-0.15, -0.1) is 0 Å². The van der Waals surface area contributed by atoms with Crippen LogP contribution in [0.25, 0.3) is 0 Å². The lowest BCUT2D eigenvalue weighted by Crippen LogP contribution is -2.51. The van der Waals surface area contributed by atoms with Gasteiger partial charge in [0.25, 0.3) is 10.0 Å². The number of rotatable bonds is 3. The number of nitrogens with one attached hydrogen (secondary N) is 1. The van der Waals surface area contributed by atoms with Crippen LogP contribution in [0.3, 0.4) is 0 Å². The van der Waals surface area contributed by atoms with E-state index in [4.69, 9.17) is 4.74 Å². The van der Waals surface area contributed by atoms with Gasteiger partial charge in [-0.3, -0.25) is 0 Å². The number of nitrogens with zero attached hydrogens (tertiary/aromatic N) is 2. The molecule has 2 unspecified atom stereocenters. The van der Waals surface area contributed by atoms with Crippen LogP contribution >= 0.6 is 0 Å². The molecule has 96 valence electrons. The van der Waals surface area contributed by atoms with E-state index in [0.29, 0.717) is 13.2 Å². The first-order valence-electron chi connectivity index (χ1n) is 5.67. The summed E-state index contributed by atoms with van der Waals surface area (Å²) in [6.45, 7) is 4.67. The van der Waals surface area contributed by atoms with Gasteiger partial charge in [0.05, 0.1) is 25.2 Å². The summed E-state index contributed by atoms with van der Waals surface area (Å²) in [5.74, 6) is 0. The average Bonchev–Trinajstić information content (AvgIpc) is 2.83. The monoisotopic (exact) mass is 259 g/mol. The van der Waals surface area contributed by atoms with Crippen LogP contribution < -0.4 is 0 Å². The maximum Gasteiger partial charge on any atom is 0.260 e. The predicted molar refractivity (Wildman–Crippen MR) is 62.0 cm³/mol. The van der Waals surface area contributed by atoms with Crippen molar-refractivity contribution in [3.8, 4) is 0 Å². The Morgan fingerprint density at radius 1 is 1.65 bits per heavy atom. The third kappa shape index (κ3) is 2.36. The Bertz CT molecular complexity index is 457. The van der Waals surface area contributed by atoms with Crippen molar-refractivity contribution in [1.82, 2.24) is 14.3 Å². The standard InChI is InChI=1S/C10H17N3O3S/c1-3-9-6-16-8(2)5-13(9)17(14,15)10-4-11-7-12-10/h4,7-9H,3,5-6H2,1-2H3,(H,11,12). The highest BCUT2D eigenvalue weighted by molar-refractivity contribution is 7.89. The van der Waals surface area contributed by atoms with Crippen LogP contribution in [0.5, 0.6) is 0 Å². The molecule has 17 heavy (non-hydrogen) atoms. The Kier molecular flexibility index (Phi) is 3.50. The van der Waals surface area contributed by atoms with Crippen molar-refractivity contribution in [1.29, 1.82) is 0 Å². The van der Waals surface area contributed by atoms with E-state index in [0.717, 1.165) is 6.42 Å². The minimum atomic E-state index is -3.48. The maximum absolute atomic E-state index is 12.4. The zero-order chi connectivity index (χ0) is 12.5. The minimum absolute atomic E-state index is 0.0736. The SMILES string of the molecule is CCC1COC(C)CN1S(=O)(=O)c1cnc[nH]1.